The molecule has 0 aliphatic carbocycles. The zero-order valence-electron chi connectivity index (χ0n) is 12.0. The standard InChI is InChI=1S/C16H15N3OS/c1-3-20-14-7-5-4-6-12(14)15-13(8-9-17)19-11(2)10-21-16(19)18-15/h4-7,10H,3,8H2,1-2H3. The van der Waals surface area contributed by atoms with E-state index in [1.807, 2.05) is 38.1 Å². The van der Waals surface area contributed by atoms with Gasteiger partial charge < -0.3 is 4.74 Å². The predicted octanol–water partition coefficient (Wildman–Crippen LogP) is 3.84. The maximum atomic E-state index is 9.15. The van der Waals surface area contributed by atoms with E-state index >= 15 is 0 Å². The fraction of sp³-hybridized carbons (Fsp3) is 0.250. The molecule has 5 heteroatoms. The first kappa shape index (κ1) is 13.7. The van der Waals surface area contributed by atoms with Gasteiger partial charge in [0.25, 0.3) is 0 Å². The number of aryl methyl sites for hydroxylation is 1. The minimum Gasteiger partial charge on any atom is -0.493 e. The Bertz CT molecular complexity index is 826. The van der Waals surface area contributed by atoms with Gasteiger partial charge in [-0.1, -0.05) is 12.1 Å². The monoisotopic (exact) mass is 297 g/mol. The number of thiazole rings is 1. The second kappa shape index (κ2) is 5.58. The molecule has 0 radical (unpaired) electrons. The molecule has 0 N–H and O–H groups in total. The summed E-state index contributed by atoms with van der Waals surface area (Å²) in [6.45, 7) is 4.60. The Kier molecular flexibility index (Phi) is 3.63. The van der Waals surface area contributed by atoms with Gasteiger partial charge >= 0.3 is 0 Å². The zero-order chi connectivity index (χ0) is 14.8. The Labute approximate surface area is 127 Å². The van der Waals surface area contributed by atoms with Crippen molar-refractivity contribution >= 4 is 16.3 Å². The topological polar surface area (TPSA) is 50.3 Å². The highest BCUT2D eigenvalue weighted by molar-refractivity contribution is 7.15. The SMILES string of the molecule is CCOc1ccccc1-c1nc2scc(C)n2c1CC#N. The highest BCUT2D eigenvalue weighted by Gasteiger charge is 2.19. The third-order valence-electron chi connectivity index (χ3n) is 3.32. The summed E-state index contributed by atoms with van der Waals surface area (Å²) in [5, 5.41) is 11.2. The molecular weight excluding hydrogens is 282 g/mol. The number of fused-ring (bicyclic) bond motifs is 1. The molecule has 0 saturated carbocycles. The van der Waals surface area contributed by atoms with Crippen LogP contribution in [0.3, 0.4) is 0 Å². The van der Waals surface area contributed by atoms with Gasteiger partial charge in [-0.3, -0.25) is 4.40 Å². The van der Waals surface area contributed by atoms with Crippen LogP contribution in [0, 0.1) is 18.3 Å². The second-order valence-electron chi connectivity index (χ2n) is 4.67. The van der Waals surface area contributed by atoms with Crippen molar-refractivity contribution in [3.63, 3.8) is 0 Å². The molecule has 0 amide bonds. The number of hydrogen-bond donors (Lipinski definition) is 0. The van der Waals surface area contributed by atoms with E-state index in [4.69, 9.17) is 15.0 Å². The Hall–Kier alpha value is -2.32. The highest BCUT2D eigenvalue weighted by Crippen LogP contribution is 2.34. The first-order chi connectivity index (χ1) is 10.3. The van der Waals surface area contributed by atoms with Crippen LogP contribution in [-0.4, -0.2) is 16.0 Å². The first-order valence-corrected chi connectivity index (χ1v) is 7.68. The van der Waals surface area contributed by atoms with Crippen molar-refractivity contribution in [2.45, 2.75) is 20.3 Å². The van der Waals surface area contributed by atoms with Gasteiger partial charge in [0, 0.05) is 16.6 Å². The summed E-state index contributed by atoms with van der Waals surface area (Å²) in [5.74, 6) is 0.808. The van der Waals surface area contributed by atoms with E-state index in [9.17, 15) is 0 Å². The molecule has 0 bridgehead atoms. The molecule has 3 aromatic rings. The Morgan fingerprint density at radius 3 is 2.95 bits per heavy atom. The molecule has 0 unspecified atom stereocenters. The average Bonchev–Trinajstić information content (AvgIpc) is 3.02. The van der Waals surface area contributed by atoms with Crippen molar-refractivity contribution in [2.24, 2.45) is 0 Å². The fourth-order valence-electron chi connectivity index (χ4n) is 2.46. The van der Waals surface area contributed by atoms with Crippen LogP contribution in [0.1, 0.15) is 18.3 Å². The third-order valence-corrected chi connectivity index (χ3v) is 4.26. The van der Waals surface area contributed by atoms with Crippen LogP contribution >= 0.6 is 11.3 Å². The van der Waals surface area contributed by atoms with E-state index in [2.05, 4.69) is 15.8 Å². The summed E-state index contributed by atoms with van der Waals surface area (Å²) < 4.78 is 7.76. The largest absolute Gasteiger partial charge is 0.493 e. The first-order valence-electron chi connectivity index (χ1n) is 6.80. The van der Waals surface area contributed by atoms with Gasteiger partial charge in [-0.25, -0.2) is 4.98 Å². The third kappa shape index (κ3) is 2.28. The van der Waals surface area contributed by atoms with Gasteiger partial charge in [-0.15, -0.1) is 11.3 Å². The number of ether oxygens (including phenoxy) is 1. The molecule has 0 fully saturated rings. The van der Waals surface area contributed by atoms with E-state index in [1.54, 1.807) is 11.3 Å². The molecule has 2 heterocycles. The highest BCUT2D eigenvalue weighted by atomic mass is 32.1. The van der Waals surface area contributed by atoms with Crippen LogP contribution in [0.4, 0.5) is 0 Å². The maximum absolute atomic E-state index is 9.15. The quantitative estimate of drug-likeness (QED) is 0.735. The van der Waals surface area contributed by atoms with E-state index in [0.717, 1.165) is 33.4 Å². The van der Waals surface area contributed by atoms with Crippen molar-refractivity contribution in [3.05, 3.63) is 41.0 Å². The molecule has 21 heavy (non-hydrogen) atoms. The summed E-state index contributed by atoms with van der Waals surface area (Å²) in [6, 6.07) is 10.1. The molecule has 2 aromatic heterocycles. The second-order valence-corrected chi connectivity index (χ2v) is 5.50. The Morgan fingerprint density at radius 1 is 1.38 bits per heavy atom. The van der Waals surface area contributed by atoms with Gasteiger partial charge in [-0.05, 0) is 26.0 Å². The van der Waals surface area contributed by atoms with E-state index in [-0.39, 0.29) is 0 Å². The lowest BCUT2D eigenvalue weighted by molar-refractivity contribution is 0.341. The van der Waals surface area contributed by atoms with E-state index in [0.29, 0.717) is 13.0 Å². The molecule has 0 aliphatic rings. The van der Waals surface area contributed by atoms with Crippen LogP contribution in [0.15, 0.2) is 29.6 Å². The summed E-state index contributed by atoms with van der Waals surface area (Å²) >= 11 is 1.59. The zero-order valence-corrected chi connectivity index (χ0v) is 12.8. The molecule has 0 aliphatic heterocycles. The van der Waals surface area contributed by atoms with Crippen LogP contribution < -0.4 is 4.74 Å². The maximum Gasteiger partial charge on any atom is 0.194 e. The van der Waals surface area contributed by atoms with Gasteiger partial charge in [0.05, 0.1) is 30.5 Å². The fourth-order valence-corrected chi connectivity index (χ4v) is 3.35. The van der Waals surface area contributed by atoms with Crippen LogP contribution in [0.5, 0.6) is 5.75 Å². The number of aromatic nitrogens is 2. The van der Waals surface area contributed by atoms with Gasteiger partial charge in [-0.2, -0.15) is 5.26 Å². The van der Waals surface area contributed by atoms with E-state index < -0.39 is 0 Å². The molecule has 1 aromatic carbocycles. The summed E-state index contributed by atoms with van der Waals surface area (Å²) in [6.07, 6.45) is 0.328. The summed E-state index contributed by atoms with van der Waals surface area (Å²) in [7, 11) is 0. The Balaban J connectivity index is 2.25. The van der Waals surface area contributed by atoms with Crippen LogP contribution in [0.25, 0.3) is 16.2 Å². The van der Waals surface area contributed by atoms with E-state index in [1.165, 1.54) is 0 Å². The smallest absolute Gasteiger partial charge is 0.194 e. The molecule has 0 atom stereocenters. The molecule has 106 valence electrons. The summed E-state index contributed by atoms with van der Waals surface area (Å²) in [4.78, 5) is 5.63. The lowest BCUT2D eigenvalue weighted by atomic mass is 10.1. The number of rotatable bonds is 4. The predicted molar refractivity (Wildman–Crippen MR) is 83.7 cm³/mol. The van der Waals surface area contributed by atoms with Gasteiger partial charge in [0.2, 0.25) is 0 Å². The minimum atomic E-state index is 0.328. The van der Waals surface area contributed by atoms with Crippen molar-refractivity contribution < 1.29 is 4.74 Å². The number of nitrogens with zero attached hydrogens (tertiary/aromatic N) is 3. The number of hydrogen-bond acceptors (Lipinski definition) is 4. The van der Waals surface area contributed by atoms with Crippen molar-refractivity contribution in [1.29, 1.82) is 5.26 Å². The normalized spacial score (nSPS) is 10.7. The average molecular weight is 297 g/mol. The van der Waals surface area contributed by atoms with Gasteiger partial charge in [0.15, 0.2) is 4.96 Å². The molecule has 0 saturated heterocycles. The van der Waals surface area contributed by atoms with Crippen LogP contribution in [-0.2, 0) is 6.42 Å². The lowest BCUT2D eigenvalue weighted by Crippen LogP contribution is -1.97. The molecular formula is C16H15N3OS. The molecule has 3 rings (SSSR count). The van der Waals surface area contributed by atoms with Crippen molar-refractivity contribution in [1.82, 2.24) is 9.38 Å². The number of benzene rings is 1. The number of nitriles is 1. The minimum absolute atomic E-state index is 0.328. The Morgan fingerprint density at radius 2 is 2.19 bits per heavy atom. The molecule has 4 nitrogen and oxygen atoms in total. The summed E-state index contributed by atoms with van der Waals surface area (Å²) in [5.41, 5.74) is 3.82. The van der Waals surface area contributed by atoms with Crippen molar-refractivity contribution in [3.8, 4) is 23.1 Å². The van der Waals surface area contributed by atoms with Crippen molar-refractivity contribution in [2.75, 3.05) is 6.61 Å². The lowest BCUT2D eigenvalue weighted by Gasteiger charge is -2.09. The van der Waals surface area contributed by atoms with Crippen LogP contribution in [0.2, 0.25) is 0 Å². The molecule has 0 spiro atoms. The number of para-hydroxylation sites is 1. The number of imidazole rings is 1. The van der Waals surface area contributed by atoms with Gasteiger partial charge in [0.1, 0.15) is 5.75 Å².